The molecule has 1 heterocycles. The van der Waals surface area contributed by atoms with Crippen molar-refractivity contribution in [3.63, 3.8) is 0 Å². The summed E-state index contributed by atoms with van der Waals surface area (Å²) in [7, 11) is 0. The van der Waals surface area contributed by atoms with Crippen LogP contribution in [-0.2, 0) is 14.5 Å². The van der Waals surface area contributed by atoms with E-state index in [1.807, 2.05) is 45.0 Å². The van der Waals surface area contributed by atoms with Gasteiger partial charge in [-0.2, -0.15) is 0 Å². The quantitative estimate of drug-likeness (QED) is 0.462. The van der Waals surface area contributed by atoms with Crippen LogP contribution in [0.25, 0.3) is 0 Å². The lowest BCUT2D eigenvalue weighted by atomic mass is 9.84. The zero-order valence-corrected chi connectivity index (χ0v) is 14.7. The van der Waals surface area contributed by atoms with Crippen LogP contribution < -0.4 is 0 Å². The smallest absolute Gasteiger partial charge is 0.377 e. The van der Waals surface area contributed by atoms with Crippen LogP contribution in [0.3, 0.4) is 0 Å². The number of carbonyl (C=O) groups excluding carboxylic acids is 1. The molecule has 0 fully saturated rings. The van der Waals surface area contributed by atoms with E-state index in [2.05, 4.69) is 26.2 Å². The van der Waals surface area contributed by atoms with E-state index < -0.39 is 11.6 Å². The Balaban J connectivity index is 1.98. The molecule has 0 radical (unpaired) electrons. The van der Waals surface area contributed by atoms with Gasteiger partial charge in [-0.15, -0.1) is 0 Å². The molecule has 6 heteroatoms. The SMILES string of the molecule is CC(C)(C)C1=NOC(C)(C(=O)O/N=C/c2ccccc2Br)C1. The topological polar surface area (TPSA) is 60.2 Å². The van der Waals surface area contributed by atoms with E-state index in [0.29, 0.717) is 6.42 Å². The van der Waals surface area contributed by atoms with Gasteiger partial charge in [0.05, 0.1) is 11.9 Å². The first-order valence-corrected chi connectivity index (χ1v) is 7.76. The molecule has 0 aliphatic carbocycles. The second kappa shape index (κ2) is 6.20. The van der Waals surface area contributed by atoms with Gasteiger partial charge in [0.25, 0.3) is 0 Å². The lowest BCUT2D eigenvalue weighted by molar-refractivity contribution is -0.167. The average Bonchev–Trinajstić information content (AvgIpc) is 2.85. The number of rotatable bonds is 3. The molecule has 2 rings (SSSR count). The molecule has 0 amide bonds. The average molecular weight is 367 g/mol. The van der Waals surface area contributed by atoms with Crippen molar-refractivity contribution in [2.45, 2.75) is 39.7 Å². The van der Waals surface area contributed by atoms with E-state index in [4.69, 9.17) is 9.68 Å². The maximum absolute atomic E-state index is 12.2. The molecule has 5 nitrogen and oxygen atoms in total. The second-order valence-electron chi connectivity index (χ2n) is 6.42. The summed E-state index contributed by atoms with van der Waals surface area (Å²) in [6, 6.07) is 7.51. The summed E-state index contributed by atoms with van der Waals surface area (Å²) in [5.74, 6) is -0.557. The third kappa shape index (κ3) is 3.74. The number of hydrogen-bond acceptors (Lipinski definition) is 5. The molecule has 0 N–H and O–H groups in total. The molecule has 1 aliphatic heterocycles. The Morgan fingerprint density at radius 2 is 2.14 bits per heavy atom. The van der Waals surface area contributed by atoms with Gasteiger partial charge in [0.15, 0.2) is 0 Å². The van der Waals surface area contributed by atoms with Crippen molar-refractivity contribution in [1.29, 1.82) is 0 Å². The van der Waals surface area contributed by atoms with E-state index in [9.17, 15) is 4.79 Å². The molecule has 1 aliphatic rings. The molecule has 22 heavy (non-hydrogen) atoms. The van der Waals surface area contributed by atoms with Gasteiger partial charge in [0.1, 0.15) is 0 Å². The number of oxime groups is 2. The summed E-state index contributed by atoms with van der Waals surface area (Å²) in [6.45, 7) is 7.73. The molecule has 1 unspecified atom stereocenters. The Morgan fingerprint density at radius 3 is 2.73 bits per heavy atom. The monoisotopic (exact) mass is 366 g/mol. The van der Waals surface area contributed by atoms with Crippen molar-refractivity contribution in [3.8, 4) is 0 Å². The highest BCUT2D eigenvalue weighted by molar-refractivity contribution is 9.10. The minimum atomic E-state index is -1.12. The van der Waals surface area contributed by atoms with Gasteiger partial charge in [0, 0.05) is 21.9 Å². The molecule has 0 aromatic heterocycles. The fourth-order valence-electron chi connectivity index (χ4n) is 1.86. The number of nitrogens with zero attached hydrogens (tertiary/aromatic N) is 2. The third-order valence-corrected chi connectivity index (χ3v) is 4.11. The van der Waals surface area contributed by atoms with Crippen LogP contribution in [0, 0.1) is 5.41 Å². The van der Waals surface area contributed by atoms with Crippen LogP contribution in [0.2, 0.25) is 0 Å². The molecule has 1 aromatic carbocycles. The van der Waals surface area contributed by atoms with Gasteiger partial charge in [0.2, 0.25) is 5.60 Å². The number of hydrogen-bond donors (Lipinski definition) is 0. The molecule has 0 spiro atoms. The Labute approximate surface area is 138 Å². The number of carbonyl (C=O) groups is 1. The molecule has 1 aromatic rings. The lowest BCUT2D eigenvalue weighted by Gasteiger charge is -2.20. The minimum Gasteiger partial charge on any atom is -0.377 e. The van der Waals surface area contributed by atoms with Crippen molar-refractivity contribution >= 4 is 33.8 Å². The van der Waals surface area contributed by atoms with E-state index >= 15 is 0 Å². The van der Waals surface area contributed by atoms with Gasteiger partial charge in [-0.05, 0) is 13.0 Å². The first-order valence-electron chi connectivity index (χ1n) is 6.97. The zero-order chi connectivity index (χ0) is 16.4. The second-order valence-corrected chi connectivity index (χ2v) is 7.28. The van der Waals surface area contributed by atoms with Gasteiger partial charge in [-0.1, -0.05) is 65.2 Å². The maximum Gasteiger partial charge on any atom is 0.381 e. The van der Waals surface area contributed by atoms with Crippen LogP contribution in [0.5, 0.6) is 0 Å². The summed E-state index contributed by atoms with van der Waals surface area (Å²) in [5, 5.41) is 7.76. The maximum atomic E-state index is 12.2. The highest BCUT2D eigenvalue weighted by Crippen LogP contribution is 2.32. The van der Waals surface area contributed by atoms with Crippen LogP contribution >= 0.6 is 15.9 Å². The fraction of sp³-hybridized carbons (Fsp3) is 0.438. The summed E-state index contributed by atoms with van der Waals surface area (Å²) in [4.78, 5) is 22.4. The predicted molar refractivity (Wildman–Crippen MR) is 88.8 cm³/mol. The Hall–Kier alpha value is -1.69. The standard InChI is InChI=1S/C16H19BrN2O3/c1-15(2,3)13-9-16(4,22-19-13)14(20)21-18-10-11-7-5-6-8-12(11)17/h5-8,10H,9H2,1-4H3/b18-10+. The lowest BCUT2D eigenvalue weighted by Crippen LogP contribution is -2.37. The fourth-order valence-corrected chi connectivity index (χ4v) is 2.25. The zero-order valence-electron chi connectivity index (χ0n) is 13.1. The normalized spacial score (nSPS) is 21.6. The summed E-state index contributed by atoms with van der Waals surface area (Å²) >= 11 is 3.40. The number of benzene rings is 1. The molecular formula is C16H19BrN2O3. The predicted octanol–water partition coefficient (Wildman–Crippen LogP) is 3.91. The minimum absolute atomic E-state index is 0.143. The third-order valence-electron chi connectivity index (χ3n) is 3.39. The molecule has 118 valence electrons. The van der Waals surface area contributed by atoms with Crippen molar-refractivity contribution in [2.24, 2.45) is 15.7 Å². The van der Waals surface area contributed by atoms with E-state index in [-0.39, 0.29) is 5.41 Å². The van der Waals surface area contributed by atoms with E-state index in [1.165, 1.54) is 6.21 Å². The van der Waals surface area contributed by atoms with Gasteiger partial charge >= 0.3 is 5.97 Å². The van der Waals surface area contributed by atoms with Crippen LogP contribution in [-0.4, -0.2) is 23.5 Å². The summed E-state index contributed by atoms with van der Waals surface area (Å²) < 4.78 is 0.872. The summed E-state index contributed by atoms with van der Waals surface area (Å²) in [6.07, 6.45) is 1.88. The molecule has 1 atom stereocenters. The van der Waals surface area contributed by atoms with Gasteiger partial charge < -0.3 is 9.68 Å². The van der Waals surface area contributed by atoms with Crippen LogP contribution in [0.4, 0.5) is 0 Å². The van der Waals surface area contributed by atoms with Crippen LogP contribution in [0.1, 0.15) is 39.7 Å². The number of halogens is 1. The molecule has 0 saturated carbocycles. The Kier molecular flexibility index (Phi) is 4.70. The molecular weight excluding hydrogens is 348 g/mol. The summed E-state index contributed by atoms with van der Waals surface area (Å²) in [5.41, 5.74) is 0.394. The Morgan fingerprint density at radius 1 is 1.45 bits per heavy atom. The van der Waals surface area contributed by atoms with E-state index in [1.54, 1.807) is 6.92 Å². The molecule has 0 bridgehead atoms. The van der Waals surface area contributed by atoms with E-state index in [0.717, 1.165) is 15.7 Å². The van der Waals surface area contributed by atoms with Gasteiger partial charge in [-0.25, -0.2) is 4.79 Å². The highest BCUT2D eigenvalue weighted by atomic mass is 79.9. The Bertz CT molecular complexity index is 635. The van der Waals surface area contributed by atoms with Crippen molar-refractivity contribution < 1.29 is 14.5 Å². The van der Waals surface area contributed by atoms with Crippen molar-refractivity contribution in [2.75, 3.05) is 0 Å². The largest absolute Gasteiger partial charge is 0.381 e. The van der Waals surface area contributed by atoms with Gasteiger partial charge in [-0.3, -0.25) is 0 Å². The van der Waals surface area contributed by atoms with Crippen molar-refractivity contribution in [1.82, 2.24) is 0 Å². The first kappa shape index (κ1) is 16.7. The molecule has 0 saturated heterocycles. The highest BCUT2D eigenvalue weighted by Gasteiger charge is 2.46. The van der Waals surface area contributed by atoms with Crippen molar-refractivity contribution in [3.05, 3.63) is 34.3 Å². The first-order chi connectivity index (χ1) is 10.2. The van der Waals surface area contributed by atoms with Crippen LogP contribution in [0.15, 0.2) is 39.0 Å².